The number of amides is 1. The number of aliphatic hydroxyl groups excluding tert-OH is 3. The van der Waals surface area contributed by atoms with E-state index in [9.17, 15) is 15.0 Å². The summed E-state index contributed by atoms with van der Waals surface area (Å²) in [6.07, 6.45) is -3.58. The van der Waals surface area contributed by atoms with Crippen molar-refractivity contribution in [3.8, 4) is 0 Å². The summed E-state index contributed by atoms with van der Waals surface area (Å²) in [7, 11) is 1.44. The van der Waals surface area contributed by atoms with Gasteiger partial charge in [-0.05, 0) is 0 Å². The highest BCUT2D eigenvalue weighted by Crippen LogP contribution is 2.37. The van der Waals surface area contributed by atoms with E-state index < -0.39 is 42.9 Å². The summed E-state index contributed by atoms with van der Waals surface area (Å²) in [6, 6.07) is -0.734. The molecule has 8 heteroatoms. The first-order chi connectivity index (χ1) is 9.42. The summed E-state index contributed by atoms with van der Waals surface area (Å²) in [5.74, 6) is -1.42. The van der Waals surface area contributed by atoms with Gasteiger partial charge in [-0.15, -0.1) is 0 Å². The van der Waals surface area contributed by atoms with Gasteiger partial charge in [-0.3, -0.25) is 4.79 Å². The van der Waals surface area contributed by atoms with Gasteiger partial charge < -0.3 is 34.8 Å². The molecule has 2 saturated heterocycles. The van der Waals surface area contributed by atoms with Gasteiger partial charge in [0.1, 0.15) is 24.9 Å². The Hall–Kier alpha value is -0.770. The molecule has 0 radical (unpaired) electrons. The molecule has 2 fully saturated rings. The number of carbonyl (C=O) groups is 1. The van der Waals surface area contributed by atoms with Gasteiger partial charge in [0.2, 0.25) is 5.91 Å². The zero-order valence-electron chi connectivity index (χ0n) is 11.5. The van der Waals surface area contributed by atoms with Crippen LogP contribution in [0.25, 0.3) is 0 Å². The van der Waals surface area contributed by atoms with Gasteiger partial charge in [0.05, 0.1) is 18.8 Å². The third-order valence-electron chi connectivity index (χ3n) is 3.77. The highest BCUT2D eigenvalue weighted by atomic mass is 16.7. The Labute approximate surface area is 116 Å². The van der Waals surface area contributed by atoms with E-state index in [0.29, 0.717) is 0 Å². The van der Waals surface area contributed by atoms with Crippen LogP contribution in [-0.2, 0) is 19.0 Å². The first-order valence-corrected chi connectivity index (χ1v) is 6.51. The average Bonchev–Trinajstić information content (AvgIpc) is 2.42. The van der Waals surface area contributed by atoms with E-state index in [2.05, 4.69) is 5.32 Å². The highest BCUT2D eigenvalue weighted by molar-refractivity contribution is 5.73. The van der Waals surface area contributed by atoms with E-state index in [-0.39, 0.29) is 18.9 Å². The largest absolute Gasteiger partial charge is 0.394 e. The van der Waals surface area contributed by atoms with Crippen LogP contribution in [0, 0.1) is 0 Å². The van der Waals surface area contributed by atoms with E-state index in [0.717, 1.165) is 0 Å². The molecule has 8 nitrogen and oxygen atoms in total. The zero-order valence-corrected chi connectivity index (χ0v) is 11.5. The van der Waals surface area contributed by atoms with Crippen molar-refractivity contribution in [2.24, 2.45) is 0 Å². The lowest BCUT2D eigenvalue weighted by Gasteiger charge is -2.52. The summed E-state index contributed by atoms with van der Waals surface area (Å²) >= 11 is 0. The molecule has 6 atom stereocenters. The van der Waals surface area contributed by atoms with E-state index in [1.54, 1.807) is 0 Å². The molecular formula is C12H21NO7. The fourth-order valence-corrected chi connectivity index (χ4v) is 2.75. The maximum atomic E-state index is 11.3. The van der Waals surface area contributed by atoms with Gasteiger partial charge in [0, 0.05) is 20.5 Å². The SMILES string of the molecule is CO[C@]12CO[C@@H]([C@H](O)CO)[C@H](O1)[C@H](NC(C)=O)[C@@H](O)C2. The van der Waals surface area contributed by atoms with Crippen LogP contribution in [-0.4, -0.2) is 77.8 Å². The molecule has 0 spiro atoms. The Kier molecular flexibility index (Phi) is 4.62. The second-order valence-corrected chi connectivity index (χ2v) is 5.22. The Morgan fingerprint density at radius 1 is 1.60 bits per heavy atom. The monoisotopic (exact) mass is 291 g/mol. The van der Waals surface area contributed by atoms with Gasteiger partial charge in [0.15, 0.2) is 5.79 Å². The van der Waals surface area contributed by atoms with Gasteiger partial charge in [-0.1, -0.05) is 0 Å². The molecule has 116 valence electrons. The maximum absolute atomic E-state index is 11.3. The summed E-state index contributed by atoms with van der Waals surface area (Å²) in [5.41, 5.74) is 0. The average molecular weight is 291 g/mol. The smallest absolute Gasteiger partial charge is 0.217 e. The van der Waals surface area contributed by atoms with Crippen molar-refractivity contribution < 1.29 is 34.3 Å². The summed E-state index contributed by atoms with van der Waals surface area (Å²) < 4.78 is 16.6. The minimum absolute atomic E-state index is 0.0333. The van der Waals surface area contributed by atoms with Crippen molar-refractivity contribution in [1.82, 2.24) is 5.32 Å². The minimum Gasteiger partial charge on any atom is -0.394 e. The number of aliphatic hydroxyl groups is 3. The highest BCUT2D eigenvalue weighted by Gasteiger charge is 2.55. The molecule has 4 N–H and O–H groups in total. The molecule has 0 aromatic carbocycles. The molecule has 2 heterocycles. The Morgan fingerprint density at radius 3 is 2.85 bits per heavy atom. The molecule has 0 unspecified atom stereocenters. The van der Waals surface area contributed by atoms with E-state index >= 15 is 0 Å². The lowest BCUT2D eigenvalue weighted by molar-refractivity contribution is -0.370. The van der Waals surface area contributed by atoms with Gasteiger partial charge >= 0.3 is 0 Å². The van der Waals surface area contributed by atoms with Crippen LogP contribution in [0.1, 0.15) is 13.3 Å². The lowest BCUT2D eigenvalue weighted by atomic mass is 9.87. The molecule has 0 aliphatic carbocycles. The van der Waals surface area contributed by atoms with Crippen LogP contribution in [0.3, 0.4) is 0 Å². The molecule has 2 aliphatic rings. The predicted molar refractivity (Wildman–Crippen MR) is 65.7 cm³/mol. The van der Waals surface area contributed by atoms with Crippen LogP contribution in [0.2, 0.25) is 0 Å². The second kappa shape index (κ2) is 5.92. The molecule has 20 heavy (non-hydrogen) atoms. The fourth-order valence-electron chi connectivity index (χ4n) is 2.75. The quantitative estimate of drug-likeness (QED) is 0.461. The Bertz CT molecular complexity index is 366. The third-order valence-corrected chi connectivity index (χ3v) is 3.77. The molecule has 0 aromatic rings. The normalized spacial score (nSPS) is 42.0. The van der Waals surface area contributed by atoms with Gasteiger partial charge in [-0.2, -0.15) is 0 Å². The zero-order chi connectivity index (χ0) is 14.9. The first-order valence-electron chi connectivity index (χ1n) is 6.51. The van der Waals surface area contributed by atoms with E-state index in [1.807, 2.05) is 0 Å². The number of hydrogen-bond acceptors (Lipinski definition) is 7. The van der Waals surface area contributed by atoms with Crippen molar-refractivity contribution in [2.45, 2.75) is 49.6 Å². The van der Waals surface area contributed by atoms with Crippen molar-refractivity contribution in [3.05, 3.63) is 0 Å². The third kappa shape index (κ3) is 2.80. The molecule has 1 amide bonds. The summed E-state index contributed by atoms with van der Waals surface area (Å²) in [5, 5.41) is 31.7. The number of ether oxygens (including phenoxy) is 3. The van der Waals surface area contributed by atoms with E-state index in [1.165, 1.54) is 14.0 Å². The summed E-state index contributed by atoms with van der Waals surface area (Å²) in [4.78, 5) is 11.3. The number of nitrogens with one attached hydrogen (secondary N) is 1. The Morgan fingerprint density at radius 2 is 2.30 bits per heavy atom. The molecular weight excluding hydrogens is 270 g/mol. The van der Waals surface area contributed by atoms with Crippen molar-refractivity contribution >= 4 is 5.91 Å². The molecule has 0 saturated carbocycles. The number of hydrogen-bond donors (Lipinski definition) is 4. The Balaban J connectivity index is 2.24. The van der Waals surface area contributed by atoms with Crippen LogP contribution >= 0.6 is 0 Å². The minimum atomic E-state index is -1.17. The lowest BCUT2D eigenvalue weighted by Crippen LogP contribution is -2.70. The summed E-state index contributed by atoms with van der Waals surface area (Å²) in [6.45, 7) is 0.852. The van der Waals surface area contributed by atoms with E-state index in [4.69, 9.17) is 19.3 Å². The number of rotatable bonds is 4. The molecule has 2 bridgehead atoms. The van der Waals surface area contributed by atoms with Crippen molar-refractivity contribution in [1.29, 1.82) is 0 Å². The first kappa shape index (κ1) is 15.6. The van der Waals surface area contributed by atoms with Crippen LogP contribution in [0.4, 0.5) is 0 Å². The number of methoxy groups -OCH3 is 1. The van der Waals surface area contributed by atoms with Crippen molar-refractivity contribution in [3.63, 3.8) is 0 Å². The van der Waals surface area contributed by atoms with Crippen molar-refractivity contribution in [2.75, 3.05) is 20.3 Å². The van der Waals surface area contributed by atoms with Crippen LogP contribution < -0.4 is 5.32 Å². The van der Waals surface area contributed by atoms with Crippen LogP contribution in [0.15, 0.2) is 0 Å². The number of carbonyl (C=O) groups excluding carboxylic acids is 1. The molecule has 2 aliphatic heterocycles. The van der Waals surface area contributed by atoms with Gasteiger partial charge in [-0.25, -0.2) is 0 Å². The predicted octanol–water partition coefficient (Wildman–Crippen LogP) is -2.26. The van der Waals surface area contributed by atoms with Gasteiger partial charge in [0.25, 0.3) is 0 Å². The fraction of sp³-hybridized carbons (Fsp3) is 0.917. The van der Waals surface area contributed by atoms with Crippen LogP contribution in [0.5, 0.6) is 0 Å². The second-order valence-electron chi connectivity index (χ2n) is 5.22. The number of fused-ring (bicyclic) bond motifs is 2. The molecule has 0 aromatic heterocycles. The topological polar surface area (TPSA) is 117 Å². The standard InChI is InChI=1S/C12H21NO7/c1-6(15)13-9-7(16)3-12(18-2)5-19-10(8(17)4-14)11(9)20-12/h7-11,14,16-17H,3-5H2,1-2H3,(H,13,15)/t7-,8+,9+,10-,11+,12-/m0/s1. The maximum Gasteiger partial charge on any atom is 0.217 e. The molecule has 2 rings (SSSR count).